The number of aliphatic hydroxyl groups is 1. The van der Waals surface area contributed by atoms with Gasteiger partial charge in [-0.1, -0.05) is 13.0 Å². The molecule has 1 atom stereocenters. The van der Waals surface area contributed by atoms with E-state index in [1.807, 2.05) is 25.1 Å². The van der Waals surface area contributed by atoms with Crippen LogP contribution in [0.4, 0.5) is 0 Å². The van der Waals surface area contributed by atoms with E-state index in [0.717, 1.165) is 6.54 Å². The van der Waals surface area contributed by atoms with E-state index < -0.39 is 5.60 Å². The summed E-state index contributed by atoms with van der Waals surface area (Å²) in [6, 6.07) is 5.47. The number of ether oxygens (including phenoxy) is 2. The highest BCUT2D eigenvalue weighted by Gasteiger charge is 2.30. The van der Waals surface area contributed by atoms with E-state index in [1.165, 1.54) is 0 Å². The first-order chi connectivity index (χ1) is 8.06. The maximum Gasteiger partial charge on any atom is 0.128 e. The fourth-order valence-corrected chi connectivity index (χ4v) is 1.84. The van der Waals surface area contributed by atoms with Gasteiger partial charge < -0.3 is 19.9 Å². The number of benzene rings is 1. The van der Waals surface area contributed by atoms with Crippen molar-refractivity contribution < 1.29 is 14.6 Å². The summed E-state index contributed by atoms with van der Waals surface area (Å²) in [7, 11) is 3.17. The lowest BCUT2D eigenvalue weighted by molar-refractivity contribution is 0.0523. The Balaban J connectivity index is 3.16. The molecule has 96 valence electrons. The first-order valence-corrected chi connectivity index (χ1v) is 5.71. The first kappa shape index (κ1) is 13.8. The zero-order valence-electron chi connectivity index (χ0n) is 10.9. The molecule has 0 radical (unpaired) electrons. The molecule has 17 heavy (non-hydrogen) atoms. The van der Waals surface area contributed by atoms with E-state index in [2.05, 4.69) is 5.32 Å². The molecular weight excluding hydrogens is 218 g/mol. The minimum Gasteiger partial charge on any atom is -0.496 e. The van der Waals surface area contributed by atoms with E-state index in [4.69, 9.17) is 9.47 Å². The van der Waals surface area contributed by atoms with Crippen LogP contribution in [0, 0.1) is 0 Å². The van der Waals surface area contributed by atoms with Gasteiger partial charge in [-0.25, -0.2) is 0 Å². The Hall–Kier alpha value is -1.26. The van der Waals surface area contributed by atoms with E-state index >= 15 is 0 Å². The molecule has 0 amide bonds. The SMILES string of the molecule is CCNCC(C)(O)c1c(OC)cccc1OC. The van der Waals surface area contributed by atoms with E-state index in [1.54, 1.807) is 21.1 Å². The van der Waals surface area contributed by atoms with Gasteiger partial charge in [0.25, 0.3) is 0 Å². The van der Waals surface area contributed by atoms with Gasteiger partial charge >= 0.3 is 0 Å². The highest BCUT2D eigenvalue weighted by molar-refractivity contribution is 5.48. The van der Waals surface area contributed by atoms with Crippen molar-refractivity contribution in [2.45, 2.75) is 19.4 Å². The number of likely N-dealkylation sites (N-methyl/N-ethyl adjacent to an activating group) is 1. The molecule has 2 N–H and O–H groups in total. The molecule has 0 bridgehead atoms. The minimum atomic E-state index is -1.03. The molecule has 0 saturated carbocycles. The van der Waals surface area contributed by atoms with Crippen LogP contribution >= 0.6 is 0 Å². The lowest BCUT2D eigenvalue weighted by Gasteiger charge is -2.27. The van der Waals surface area contributed by atoms with Crippen LogP contribution in [-0.2, 0) is 5.60 Å². The third kappa shape index (κ3) is 3.11. The summed E-state index contributed by atoms with van der Waals surface area (Å²) >= 11 is 0. The van der Waals surface area contributed by atoms with Crippen LogP contribution in [0.25, 0.3) is 0 Å². The van der Waals surface area contributed by atoms with Crippen LogP contribution in [0.5, 0.6) is 11.5 Å². The molecule has 1 aromatic carbocycles. The monoisotopic (exact) mass is 239 g/mol. The van der Waals surface area contributed by atoms with Crippen LogP contribution in [0.1, 0.15) is 19.4 Å². The van der Waals surface area contributed by atoms with Gasteiger partial charge in [0.2, 0.25) is 0 Å². The highest BCUT2D eigenvalue weighted by Crippen LogP contribution is 2.37. The van der Waals surface area contributed by atoms with Crippen molar-refractivity contribution in [3.8, 4) is 11.5 Å². The van der Waals surface area contributed by atoms with Crippen molar-refractivity contribution in [2.24, 2.45) is 0 Å². The predicted molar refractivity (Wildman–Crippen MR) is 67.7 cm³/mol. The molecule has 0 spiro atoms. The topological polar surface area (TPSA) is 50.7 Å². The van der Waals surface area contributed by atoms with E-state index in [0.29, 0.717) is 23.6 Å². The zero-order chi connectivity index (χ0) is 12.9. The standard InChI is InChI=1S/C13H21NO3/c1-5-14-9-13(2,15)12-10(16-3)7-6-8-11(12)17-4/h6-8,14-15H,5,9H2,1-4H3. The van der Waals surface area contributed by atoms with E-state index in [9.17, 15) is 5.11 Å². The van der Waals surface area contributed by atoms with Crippen molar-refractivity contribution in [3.63, 3.8) is 0 Å². The van der Waals surface area contributed by atoms with Crippen molar-refractivity contribution in [3.05, 3.63) is 23.8 Å². The molecule has 0 fully saturated rings. The number of nitrogens with one attached hydrogen (secondary N) is 1. The normalized spacial score (nSPS) is 14.2. The molecule has 4 nitrogen and oxygen atoms in total. The van der Waals surface area contributed by atoms with Crippen LogP contribution in [0.3, 0.4) is 0 Å². The minimum absolute atomic E-state index is 0.445. The Labute approximate surface area is 103 Å². The Morgan fingerprint density at radius 2 is 1.76 bits per heavy atom. The summed E-state index contributed by atoms with van der Waals surface area (Å²) in [6.07, 6.45) is 0. The number of methoxy groups -OCH3 is 2. The zero-order valence-corrected chi connectivity index (χ0v) is 10.9. The molecule has 1 rings (SSSR count). The third-order valence-corrected chi connectivity index (χ3v) is 2.69. The van der Waals surface area contributed by atoms with Gasteiger partial charge in [0, 0.05) is 6.54 Å². The second-order valence-corrected chi connectivity index (χ2v) is 4.09. The second-order valence-electron chi connectivity index (χ2n) is 4.09. The molecule has 0 heterocycles. The lowest BCUT2D eigenvalue weighted by Crippen LogP contribution is -2.36. The summed E-state index contributed by atoms with van der Waals surface area (Å²) in [5.74, 6) is 1.26. The van der Waals surface area contributed by atoms with Crippen LogP contribution < -0.4 is 14.8 Å². The van der Waals surface area contributed by atoms with Crippen LogP contribution in [-0.4, -0.2) is 32.4 Å². The smallest absolute Gasteiger partial charge is 0.128 e. The average Bonchev–Trinajstić information content (AvgIpc) is 2.35. The van der Waals surface area contributed by atoms with E-state index in [-0.39, 0.29) is 0 Å². The molecule has 0 aromatic heterocycles. The maximum absolute atomic E-state index is 10.5. The van der Waals surface area contributed by atoms with Crippen LogP contribution in [0.2, 0.25) is 0 Å². The third-order valence-electron chi connectivity index (χ3n) is 2.69. The summed E-state index contributed by atoms with van der Waals surface area (Å²) < 4.78 is 10.6. The summed E-state index contributed by atoms with van der Waals surface area (Å²) in [6.45, 7) is 4.99. The number of rotatable bonds is 6. The largest absolute Gasteiger partial charge is 0.496 e. The van der Waals surface area contributed by atoms with Crippen molar-refractivity contribution in [1.82, 2.24) is 5.32 Å². The predicted octanol–water partition coefficient (Wildman–Crippen LogP) is 1.52. The van der Waals surface area contributed by atoms with Crippen molar-refractivity contribution in [1.29, 1.82) is 0 Å². The summed E-state index contributed by atoms with van der Waals surface area (Å²) in [5, 5.41) is 13.6. The van der Waals surface area contributed by atoms with Gasteiger partial charge in [-0.05, 0) is 25.6 Å². The molecule has 1 unspecified atom stereocenters. The van der Waals surface area contributed by atoms with Gasteiger partial charge in [-0.2, -0.15) is 0 Å². The Morgan fingerprint density at radius 3 is 2.18 bits per heavy atom. The first-order valence-electron chi connectivity index (χ1n) is 5.71. The Morgan fingerprint density at radius 1 is 1.24 bits per heavy atom. The average molecular weight is 239 g/mol. The molecule has 0 aliphatic heterocycles. The van der Waals surface area contributed by atoms with Gasteiger partial charge in [0.05, 0.1) is 19.8 Å². The highest BCUT2D eigenvalue weighted by atomic mass is 16.5. The summed E-state index contributed by atoms with van der Waals surface area (Å²) in [4.78, 5) is 0. The van der Waals surface area contributed by atoms with Gasteiger partial charge in [0.15, 0.2) is 0 Å². The van der Waals surface area contributed by atoms with Gasteiger partial charge in [-0.15, -0.1) is 0 Å². The summed E-state index contributed by atoms with van der Waals surface area (Å²) in [5.41, 5.74) is -0.362. The molecule has 0 aliphatic rings. The quantitative estimate of drug-likeness (QED) is 0.790. The van der Waals surface area contributed by atoms with Crippen molar-refractivity contribution >= 4 is 0 Å². The van der Waals surface area contributed by atoms with Crippen molar-refractivity contribution in [2.75, 3.05) is 27.3 Å². The van der Waals surface area contributed by atoms with Gasteiger partial charge in [0.1, 0.15) is 17.1 Å². The van der Waals surface area contributed by atoms with Gasteiger partial charge in [-0.3, -0.25) is 0 Å². The molecular formula is C13H21NO3. The fraction of sp³-hybridized carbons (Fsp3) is 0.538. The Bertz CT molecular complexity index is 341. The number of hydrogen-bond acceptors (Lipinski definition) is 4. The fourth-order valence-electron chi connectivity index (χ4n) is 1.84. The molecule has 0 saturated heterocycles. The maximum atomic E-state index is 10.5. The second kappa shape index (κ2) is 5.89. The Kier molecular flexibility index (Phi) is 4.78. The molecule has 1 aromatic rings. The molecule has 0 aliphatic carbocycles. The molecule has 4 heteroatoms. The lowest BCUT2D eigenvalue weighted by atomic mass is 9.94. The van der Waals surface area contributed by atoms with Crippen LogP contribution in [0.15, 0.2) is 18.2 Å². The number of hydrogen-bond donors (Lipinski definition) is 2.